The van der Waals surface area contributed by atoms with Crippen LogP contribution in [-0.2, 0) is 17.8 Å². The maximum absolute atomic E-state index is 11.2. The third kappa shape index (κ3) is 3.99. The lowest BCUT2D eigenvalue weighted by atomic mass is 10.1. The quantitative estimate of drug-likeness (QED) is 0.707. The van der Waals surface area contributed by atoms with Gasteiger partial charge in [-0.15, -0.1) is 0 Å². The Morgan fingerprint density at radius 1 is 1.56 bits per heavy atom. The van der Waals surface area contributed by atoms with Crippen LogP contribution < -0.4 is 11.1 Å². The zero-order valence-electron chi connectivity index (χ0n) is 11.1. The molecule has 0 radical (unpaired) electrons. The van der Waals surface area contributed by atoms with Gasteiger partial charge in [-0.05, 0) is 20.3 Å². The Labute approximate surface area is 112 Å². The molecule has 0 saturated carbocycles. The number of carbonyl (C=O) groups excluding carboxylic acids is 1. The molecule has 0 bridgehead atoms. The molecule has 1 rings (SSSR count). The van der Waals surface area contributed by atoms with Crippen molar-refractivity contribution in [3.63, 3.8) is 0 Å². The van der Waals surface area contributed by atoms with Gasteiger partial charge in [0.25, 0.3) is 0 Å². The first-order valence-corrected chi connectivity index (χ1v) is 6.52. The molecule has 0 aliphatic heterocycles. The van der Waals surface area contributed by atoms with Gasteiger partial charge in [-0.2, -0.15) is 0 Å². The van der Waals surface area contributed by atoms with Gasteiger partial charge < -0.3 is 10.7 Å². The minimum absolute atomic E-state index is 0.399. The fraction of sp³-hybridized carbons (Fsp3) is 0.667. The average Bonchev–Trinajstić information content (AvgIpc) is 2.64. The summed E-state index contributed by atoms with van der Waals surface area (Å²) >= 11 is 6.03. The number of hydrogen-bond donors (Lipinski definition) is 3. The highest BCUT2D eigenvalue weighted by atomic mass is 35.5. The van der Waals surface area contributed by atoms with Crippen LogP contribution in [0.15, 0.2) is 0 Å². The summed E-state index contributed by atoms with van der Waals surface area (Å²) in [5.41, 5.74) is 5.31. The van der Waals surface area contributed by atoms with E-state index in [1.807, 2.05) is 0 Å². The minimum atomic E-state index is -0.766. The second kappa shape index (κ2) is 6.20. The summed E-state index contributed by atoms with van der Waals surface area (Å²) in [6, 6.07) is 0. The van der Waals surface area contributed by atoms with Crippen LogP contribution in [0.3, 0.4) is 0 Å². The summed E-state index contributed by atoms with van der Waals surface area (Å²) in [6.07, 6.45) is 3.07. The molecular formula is C12H21ClN4O. The van der Waals surface area contributed by atoms with Crippen LogP contribution in [0.25, 0.3) is 0 Å². The molecule has 1 aromatic heterocycles. The normalized spacial score (nSPS) is 11.8. The first kappa shape index (κ1) is 15.0. The Kier molecular flexibility index (Phi) is 5.16. The van der Waals surface area contributed by atoms with Crippen molar-refractivity contribution >= 4 is 17.5 Å². The highest BCUT2D eigenvalue weighted by molar-refractivity contribution is 6.30. The standard InChI is InChI=1S/C12H21ClN4O/c1-4-5-6-9-16-8(10(13)17-9)7-15-12(2,3)11(14)18/h15H,4-7H2,1-3H3,(H2,14,18)(H,16,17). The number of rotatable bonds is 7. The number of unbranched alkanes of at least 4 members (excludes halogenated alkanes) is 1. The van der Waals surface area contributed by atoms with E-state index in [2.05, 4.69) is 22.2 Å². The first-order valence-electron chi connectivity index (χ1n) is 6.15. The molecule has 1 heterocycles. The number of primary amides is 1. The van der Waals surface area contributed by atoms with Crippen LogP contribution in [0.5, 0.6) is 0 Å². The van der Waals surface area contributed by atoms with Crippen LogP contribution in [0, 0.1) is 0 Å². The van der Waals surface area contributed by atoms with Crippen molar-refractivity contribution < 1.29 is 4.79 Å². The van der Waals surface area contributed by atoms with Crippen molar-refractivity contribution in [1.29, 1.82) is 0 Å². The maximum Gasteiger partial charge on any atom is 0.237 e. The maximum atomic E-state index is 11.2. The molecule has 1 amide bonds. The summed E-state index contributed by atoms with van der Waals surface area (Å²) in [7, 11) is 0. The van der Waals surface area contributed by atoms with E-state index in [-0.39, 0.29) is 0 Å². The van der Waals surface area contributed by atoms with Crippen molar-refractivity contribution in [1.82, 2.24) is 15.3 Å². The largest absolute Gasteiger partial charge is 0.368 e. The Hall–Kier alpha value is -1.07. The fourth-order valence-corrected chi connectivity index (χ4v) is 1.63. The van der Waals surface area contributed by atoms with Gasteiger partial charge in [-0.3, -0.25) is 10.1 Å². The average molecular weight is 273 g/mol. The Morgan fingerprint density at radius 3 is 2.78 bits per heavy atom. The number of nitrogens with one attached hydrogen (secondary N) is 2. The monoisotopic (exact) mass is 272 g/mol. The zero-order chi connectivity index (χ0) is 13.8. The predicted octanol–water partition coefficient (Wildman–Crippen LogP) is 1.76. The van der Waals surface area contributed by atoms with Gasteiger partial charge in [0, 0.05) is 13.0 Å². The number of amides is 1. The van der Waals surface area contributed by atoms with E-state index in [4.69, 9.17) is 17.3 Å². The third-order valence-electron chi connectivity index (χ3n) is 2.87. The molecule has 6 heteroatoms. The minimum Gasteiger partial charge on any atom is -0.368 e. The number of imidazole rings is 1. The van der Waals surface area contributed by atoms with E-state index in [0.717, 1.165) is 30.8 Å². The zero-order valence-corrected chi connectivity index (χ0v) is 11.9. The lowest BCUT2D eigenvalue weighted by Gasteiger charge is -2.21. The molecule has 0 spiro atoms. The van der Waals surface area contributed by atoms with Gasteiger partial charge in [-0.1, -0.05) is 24.9 Å². The molecule has 0 saturated heterocycles. The summed E-state index contributed by atoms with van der Waals surface area (Å²) in [5, 5.41) is 3.51. The lowest BCUT2D eigenvalue weighted by molar-refractivity contribution is -0.123. The van der Waals surface area contributed by atoms with Crippen LogP contribution in [-0.4, -0.2) is 21.4 Å². The highest BCUT2D eigenvalue weighted by Crippen LogP contribution is 2.15. The fourth-order valence-electron chi connectivity index (χ4n) is 1.42. The van der Waals surface area contributed by atoms with Crippen molar-refractivity contribution in [2.75, 3.05) is 0 Å². The smallest absolute Gasteiger partial charge is 0.237 e. The molecule has 18 heavy (non-hydrogen) atoms. The van der Waals surface area contributed by atoms with Crippen molar-refractivity contribution in [3.05, 3.63) is 16.7 Å². The van der Waals surface area contributed by atoms with E-state index < -0.39 is 11.4 Å². The molecule has 4 N–H and O–H groups in total. The molecule has 0 aliphatic rings. The van der Waals surface area contributed by atoms with Crippen LogP contribution in [0.2, 0.25) is 5.15 Å². The van der Waals surface area contributed by atoms with Crippen LogP contribution in [0.4, 0.5) is 0 Å². The van der Waals surface area contributed by atoms with Crippen LogP contribution >= 0.6 is 11.6 Å². The summed E-state index contributed by atoms with van der Waals surface area (Å²) in [5.74, 6) is 0.486. The number of aryl methyl sites for hydroxylation is 1. The molecular weight excluding hydrogens is 252 g/mol. The number of carbonyl (C=O) groups is 1. The first-order chi connectivity index (χ1) is 8.36. The second-order valence-corrected chi connectivity index (χ2v) is 5.26. The van der Waals surface area contributed by atoms with E-state index >= 15 is 0 Å². The molecule has 0 aromatic carbocycles. The van der Waals surface area contributed by atoms with Gasteiger partial charge in [-0.25, -0.2) is 4.98 Å². The van der Waals surface area contributed by atoms with Gasteiger partial charge in [0.05, 0.1) is 11.2 Å². The number of hydrogen-bond acceptors (Lipinski definition) is 3. The Morgan fingerprint density at radius 2 is 2.22 bits per heavy atom. The van der Waals surface area contributed by atoms with Crippen LogP contribution in [0.1, 0.15) is 45.1 Å². The SMILES string of the molecule is CCCCc1nc(Cl)c(CNC(C)(C)C(N)=O)[nH]1. The number of nitrogens with zero attached hydrogens (tertiary/aromatic N) is 1. The third-order valence-corrected chi connectivity index (χ3v) is 3.18. The van der Waals surface area contributed by atoms with Crippen molar-refractivity contribution in [2.24, 2.45) is 5.73 Å². The topological polar surface area (TPSA) is 83.8 Å². The van der Waals surface area contributed by atoms with Gasteiger partial charge >= 0.3 is 0 Å². The summed E-state index contributed by atoms with van der Waals surface area (Å²) in [4.78, 5) is 18.6. The predicted molar refractivity (Wildman–Crippen MR) is 72.3 cm³/mol. The highest BCUT2D eigenvalue weighted by Gasteiger charge is 2.24. The molecule has 102 valence electrons. The molecule has 0 fully saturated rings. The van der Waals surface area contributed by atoms with E-state index in [1.54, 1.807) is 13.8 Å². The van der Waals surface area contributed by atoms with Gasteiger partial charge in [0.15, 0.2) is 5.15 Å². The van der Waals surface area contributed by atoms with E-state index in [0.29, 0.717) is 11.7 Å². The Bertz CT molecular complexity index is 414. The number of nitrogens with two attached hydrogens (primary N) is 1. The number of H-pyrrole nitrogens is 1. The summed E-state index contributed by atoms with van der Waals surface area (Å²) < 4.78 is 0. The van der Waals surface area contributed by atoms with Crippen molar-refractivity contribution in [3.8, 4) is 0 Å². The molecule has 1 aromatic rings. The lowest BCUT2D eigenvalue weighted by Crippen LogP contribution is -2.50. The Balaban J connectivity index is 2.62. The summed E-state index contributed by atoms with van der Waals surface area (Å²) in [6.45, 7) is 6.03. The number of halogens is 1. The molecule has 5 nitrogen and oxygen atoms in total. The second-order valence-electron chi connectivity index (χ2n) is 4.90. The van der Waals surface area contributed by atoms with Crippen molar-refractivity contribution in [2.45, 2.75) is 52.1 Å². The molecule has 0 aliphatic carbocycles. The van der Waals surface area contributed by atoms with E-state index in [9.17, 15) is 4.79 Å². The van der Waals surface area contributed by atoms with Gasteiger partial charge in [0.2, 0.25) is 5.91 Å². The molecule has 0 unspecified atom stereocenters. The number of aromatic nitrogens is 2. The van der Waals surface area contributed by atoms with Gasteiger partial charge in [0.1, 0.15) is 5.82 Å². The molecule has 0 atom stereocenters. The number of aromatic amines is 1. The van der Waals surface area contributed by atoms with E-state index in [1.165, 1.54) is 0 Å².